The highest BCUT2D eigenvalue weighted by Crippen LogP contribution is 2.40. The van der Waals surface area contributed by atoms with E-state index in [-0.39, 0.29) is 0 Å². The maximum atomic E-state index is 6.48. The number of hydrogen-bond donors (Lipinski definition) is 0. The summed E-state index contributed by atoms with van der Waals surface area (Å²) < 4.78 is 15.0. The third kappa shape index (κ3) is 5.01. The highest BCUT2D eigenvalue weighted by molar-refractivity contribution is 6.13. The number of nitrogens with zero attached hydrogens (tertiary/aromatic N) is 4. The molecule has 57 heavy (non-hydrogen) atoms. The molecule has 0 bridgehead atoms. The number of fused-ring (bicyclic) bond motifs is 9. The van der Waals surface area contributed by atoms with Crippen LogP contribution in [0.15, 0.2) is 191 Å². The van der Waals surface area contributed by atoms with Gasteiger partial charge >= 0.3 is 0 Å². The number of rotatable bonds is 5. The molecular formula is C51H30N4O2. The van der Waals surface area contributed by atoms with E-state index in [9.17, 15) is 0 Å². The van der Waals surface area contributed by atoms with Gasteiger partial charge in [-0.2, -0.15) is 0 Å². The predicted molar refractivity (Wildman–Crippen MR) is 230 cm³/mol. The lowest BCUT2D eigenvalue weighted by Gasteiger charge is -2.12. The van der Waals surface area contributed by atoms with Crippen LogP contribution in [0.25, 0.3) is 117 Å². The molecular weight excluding hydrogens is 701 g/mol. The standard InChI is InChI=1S/C51H30N4O2/c1-2-12-31(13-3-1)49-52-50(34-14-10-15-35(28-34)55-42-20-7-4-16-36(42)37-17-5-8-21-43(37)55)54-51(53-49)40-19-11-23-46-48(40)41-29-32(25-27-45(41)56-46)33-24-26-39-38-18-6-9-22-44(38)57-47(39)30-33/h1-30H. The fraction of sp³-hybridized carbons (Fsp3) is 0. The number of hydrogen-bond acceptors (Lipinski definition) is 5. The van der Waals surface area contributed by atoms with Gasteiger partial charge in [-0.1, -0.05) is 121 Å². The van der Waals surface area contributed by atoms with Crippen molar-refractivity contribution in [2.75, 3.05) is 0 Å². The molecule has 0 N–H and O–H groups in total. The second kappa shape index (κ2) is 12.3. The Morgan fingerprint density at radius 3 is 1.74 bits per heavy atom. The van der Waals surface area contributed by atoms with Crippen LogP contribution in [0, 0.1) is 0 Å². The number of para-hydroxylation sites is 3. The zero-order valence-electron chi connectivity index (χ0n) is 30.4. The van der Waals surface area contributed by atoms with E-state index in [0.717, 1.165) is 88.4 Å². The molecule has 4 aromatic heterocycles. The summed E-state index contributed by atoms with van der Waals surface area (Å²) >= 11 is 0. The molecule has 0 saturated heterocycles. The van der Waals surface area contributed by atoms with Gasteiger partial charge in [0.05, 0.1) is 11.0 Å². The summed E-state index contributed by atoms with van der Waals surface area (Å²) in [5.74, 6) is 1.76. The second-order valence-electron chi connectivity index (χ2n) is 14.4. The number of benzene rings is 8. The molecule has 8 aromatic carbocycles. The van der Waals surface area contributed by atoms with Crippen molar-refractivity contribution in [2.24, 2.45) is 0 Å². The third-order valence-electron chi connectivity index (χ3n) is 11.1. The molecule has 0 radical (unpaired) electrons. The summed E-state index contributed by atoms with van der Waals surface area (Å²) in [7, 11) is 0. The first-order chi connectivity index (χ1) is 28.2. The molecule has 0 aliphatic carbocycles. The molecule has 0 amide bonds. The van der Waals surface area contributed by atoms with Gasteiger partial charge in [0, 0.05) is 54.7 Å². The summed E-state index contributed by atoms with van der Waals surface area (Å²) in [6.45, 7) is 0. The summed E-state index contributed by atoms with van der Waals surface area (Å²) in [5, 5.41) is 6.59. The van der Waals surface area contributed by atoms with Crippen LogP contribution < -0.4 is 0 Å². The van der Waals surface area contributed by atoms with E-state index < -0.39 is 0 Å². The van der Waals surface area contributed by atoms with Gasteiger partial charge in [0.15, 0.2) is 17.5 Å². The van der Waals surface area contributed by atoms with Gasteiger partial charge in [-0.3, -0.25) is 0 Å². The minimum Gasteiger partial charge on any atom is -0.456 e. The molecule has 0 atom stereocenters. The zero-order valence-corrected chi connectivity index (χ0v) is 30.4. The Bertz CT molecular complexity index is 3490. The average molecular weight is 731 g/mol. The molecule has 12 aromatic rings. The Balaban J connectivity index is 1.04. The van der Waals surface area contributed by atoms with Crippen LogP contribution in [0.5, 0.6) is 0 Å². The van der Waals surface area contributed by atoms with E-state index in [2.05, 4.69) is 120 Å². The van der Waals surface area contributed by atoms with E-state index in [1.54, 1.807) is 0 Å². The number of aromatic nitrogens is 4. The van der Waals surface area contributed by atoms with Crippen molar-refractivity contribution in [3.63, 3.8) is 0 Å². The minimum atomic E-state index is 0.573. The summed E-state index contributed by atoms with van der Waals surface area (Å²) in [6, 6.07) is 62.7. The van der Waals surface area contributed by atoms with Crippen molar-refractivity contribution in [1.29, 1.82) is 0 Å². The van der Waals surface area contributed by atoms with Crippen LogP contribution in [0.4, 0.5) is 0 Å². The lowest BCUT2D eigenvalue weighted by molar-refractivity contribution is 0.669. The summed E-state index contributed by atoms with van der Waals surface area (Å²) in [6.07, 6.45) is 0. The van der Waals surface area contributed by atoms with Crippen molar-refractivity contribution >= 4 is 65.7 Å². The molecule has 266 valence electrons. The SMILES string of the molecule is c1ccc(-c2nc(-c3cccc(-n4c5ccccc5c5ccccc54)c3)nc(-c3cccc4oc5ccc(-c6ccc7c(c6)oc6ccccc67)cc5c34)n2)cc1. The summed E-state index contributed by atoms with van der Waals surface area (Å²) in [5.41, 5.74) is 11.4. The Morgan fingerprint density at radius 1 is 0.333 bits per heavy atom. The van der Waals surface area contributed by atoms with Crippen LogP contribution >= 0.6 is 0 Å². The molecule has 0 aliphatic heterocycles. The van der Waals surface area contributed by atoms with E-state index in [1.165, 1.54) is 10.8 Å². The van der Waals surface area contributed by atoms with Crippen molar-refractivity contribution in [3.8, 4) is 51.0 Å². The van der Waals surface area contributed by atoms with Gasteiger partial charge in [-0.05, 0) is 71.8 Å². The van der Waals surface area contributed by atoms with Crippen LogP contribution in [0.1, 0.15) is 0 Å². The van der Waals surface area contributed by atoms with Gasteiger partial charge in [0.25, 0.3) is 0 Å². The Labute approximate surface area is 325 Å². The van der Waals surface area contributed by atoms with E-state index in [1.807, 2.05) is 66.7 Å². The van der Waals surface area contributed by atoms with Gasteiger partial charge in [0.1, 0.15) is 22.3 Å². The predicted octanol–water partition coefficient (Wildman–Crippen LogP) is 13.4. The normalized spacial score (nSPS) is 11.9. The zero-order chi connectivity index (χ0) is 37.5. The van der Waals surface area contributed by atoms with Gasteiger partial charge in [-0.15, -0.1) is 0 Å². The monoisotopic (exact) mass is 730 g/mol. The Hall–Kier alpha value is -7.83. The van der Waals surface area contributed by atoms with Crippen molar-refractivity contribution in [3.05, 3.63) is 182 Å². The topological polar surface area (TPSA) is 69.9 Å². The fourth-order valence-corrected chi connectivity index (χ4v) is 8.42. The van der Waals surface area contributed by atoms with Crippen LogP contribution in [0.2, 0.25) is 0 Å². The van der Waals surface area contributed by atoms with Crippen molar-refractivity contribution < 1.29 is 8.83 Å². The molecule has 12 rings (SSSR count). The lowest BCUT2D eigenvalue weighted by Crippen LogP contribution is -2.01. The first-order valence-electron chi connectivity index (χ1n) is 19.0. The average Bonchev–Trinajstić information content (AvgIpc) is 3.95. The number of furan rings is 2. The molecule has 0 fully saturated rings. The molecule has 0 unspecified atom stereocenters. The van der Waals surface area contributed by atoms with Crippen LogP contribution in [-0.4, -0.2) is 19.5 Å². The lowest BCUT2D eigenvalue weighted by atomic mass is 9.99. The molecule has 0 spiro atoms. The van der Waals surface area contributed by atoms with Gasteiger partial charge in [-0.25, -0.2) is 15.0 Å². The van der Waals surface area contributed by atoms with E-state index >= 15 is 0 Å². The quantitative estimate of drug-likeness (QED) is 0.176. The smallest absolute Gasteiger partial charge is 0.164 e. The molecule has 0 aliphatic rings. The molecule has 6 heteroatoms. The minimum absolute atomic E-state index is 0.573. The molecule has 6 nitrogen and oxygen atoms in total. The van der Waals surface area contributed by atoms with Crippen LogP contribution in [-0.2, 0) is 0 Å². The van der Waals surface area contributed by atoms with E-state index in [0.29, 0.717) is 17.5 Å². The second-order valence-corrected chi connectivity index (χ2v) is 14.4. The van der Waals surface area contributed by atoms with Crippen LogP contribution in [0.3, 0.4) is 0 Å². The molecule has 0 saturated carbocycles. The fourth-order valence-electron chi connectivity index (χ4n) is 8.42. The summed E-state index contributed by atoms with van der Waals surface area (Å²) in [4.78, 5) is 15.5. The maximum Gasteiger partial charge on any atom is 0.164 e. The first-order valence-corrected chi connectivity index (χ1v) is 19.0. The Morgan fingerprint density at radius 2 is 0.912 bits per heavy atom. The van der Waals surface area contributed by atoms with Gasteiger partial charge in [0.2, 0.25) is 0 Å². The largest absolute Gasteiger partial charge is 0.456 e. The van der Waals surface area contributed by atoms with Gasteiger partial charge < -0.3 is 13.4 Å². The van der Waals surface area contributed by atoms with E-state index in [4.69, 9.17) is 23.8 Å². The molecule has 4 heterocycles. The van der Waals surface area contributed by atoms with Crippen molar-refractivity contribution in [2.45, 2.75) is 0 Å². The highest BCUT2D eigenvalue weighted by atomic mass is 16.3. The first kappa shape index (κ1) is 31.5. The van der Waals surface area contributed by atoms with Crippen molar-refractivity contribution in [1.82, 2.24) is 19.5 Å². The highest BCUT2D eigenvalue weighted by Gasteiger charge is 2.20. The third-order valence-corrected chi connectivity index (χ3v) is 11.1. The maximum absolute atomic E-state index is 6.48. The Kier molecular flexibility index (Phi) is 6.83.